The summed E-state index contributed by atoms with van der Waals surface area (Å²) >= 11 is 0. The van der Waals surface area contributed by atoms with E-state index in [0.717, 1.165) is 20.0 Å². The Bertz CT molecular complexity index is 864. The third kappa shape index (κ3) is 3.05. The number of alkyl halides is 3. The zero-order valence-corrected chi connectivity index (χ0v) is 13.3. The lowest BCUT2D eigenvalue weighted by molar-refractivity contribution is -0.142. The van der Waals surface area contributed by atoms with Crippen molar-refractivity contribution in [2.45, 2.75) is 51.5 Å². The molecule has 25 heavy (non-hydrogen) atoms. The van der Waals surface area contributed by atoms with Crippen LogP contribution in [0.5, 0.6) is 0 Å². The smallest absolute Gasteiger partial charge is 0.435 e. The summed E-state index contributed by atoms with van der Waals surface area (Å²) in [6.07, 6.45) is -3.23. The van der Waals surface area contributed by atoms with Crippen molar-refractivity contribution in [2.24, 2.45) is 0 Å². The van der Waals surface area contributed by atoms with Crippen LogP contribution in [0.3, 0.4) is 0 Å². The van der Waals surface area contributed by atoms with E-state index in [1.807, 2.05) is 0 Å². The lowest BCUT2D eigenvalue weighted by Gasteiger charge is -2.19. The highest BCUT2D eigenvalue weighted by Crippen LogP contribution is 2.29. The average Bonchev–Trinajstić information content (AvgIpc) is 3.09. The van der Waals surface area contributed by atoms with Crippen molar-refractivity contribution in [2.75, 3.05) is 0 Å². The number of aryl methyl sites for hydroxylation is 2. The number of rotatable bonds is 4. The van der Waals surface area contributed by atoms with Gasteiger partial charge in [0.1, 0.15) is 11.9 Å². The molecule has 8 nitrogen and oxygen atoms in total. The maximum atomic E-state index is 12.8. The molecule has 3 heterocycles. The van der Waals surface area contributed by atoms with E-state index in [2.05, 4.69) is 10.2 Å². The molecule has 0 saturated heterocycles. The van der Waals surface area contributed by atoms with Crippen LogP contribution in [0.25, 0.3) is 0 Å². The number of hydrogen-bond acceptors (Lipinski definition) is 4. The van der Waals surface area contributed by atoms with Gasteiger partial charge < -0.3 is 5.11 Å². The van der Waals surface area contributed by atoms with Crippen LogP contribution in [-0.4, -0.2) is 35.2 Å². The van der Waals surface area contributed by atoms with Crippen LogP contribution in [0.2, 0.25) is 0 Å². The third-order valence-electron chi connectivity index (χ3n) is 4.18. The van der Waals surface area contributed by atoms with E-state index in [9.17, 15) is 27.9 Å². The molecule has 1 N–H and O–H groups in total. The van der Waals surface area contributed by atoms with Crippen molar-refractivity contribution in [1.82, 2.24) is 24.1 Å². The van der Waals surface area contributed by atoms with Gasteiger partial charge in [0.2, 0.25) is 0 Å². The normalized spacial score (nSPS) is 17.5. The molecule has 1 unspecified atom stereocenters. The number of aromatic nitrogens is 5. The van der Waals surface area contributed by atoms with E-state index in [1.54, 1.807) is 6.92 Å². The van der Waals surface area contributed by atoms with E-state index < -0.39 is 29.6 Å². The maximum Gasteiger partial charge on any atom is 0.435 e. The molecule has 2 aromatic rings. The first-order valence-corrected chi connectivity index (χ1v) is 7.77. The van der Waals surface area contributed by atoms with E-state index in [4.69, 9.17) is 0 Å². The van der Waals surface area contributed by atoms with Crippen molar-refractivity contribution in [3.8, 4) is 0 Å². The Hall–Kier alpha value is -2.59. The molecule has 2 aromatic heterocycles. The van der Waals surface area contributed by atoms with Gasteiger partial charge in [0.05, 0.1) is 12.2 Å². The van der Waals surface area contributed by atoms with E-state index in [0.29, 0.717) is 25.1 Å². The van der Waals surface area contributed by atoms with Crippen molar-refractivity contribution < 1.29 is 23.1 Å². The summed E-state index contributed by atoms with van der Waals surface area (Å²) in [6, 6.07) is -0.116. The second kappa shape index (κ2) is 6.05. The highest BCUT2D eigenvalue weighted by atomic mass is 19.4. The number of nitrogens with zero attached hydrogens (tertiary/aromatic N) is 5. The molecule has 0 aromatic carbocycles. The number of carboxylic acids is 1. The van der Waals surface area contributed by atoms with Gasteiger partial charge in [-0.2, -0.15) is 23.4 Å². The van der Waals surface area contributed by atoms with Crippen LogP contribution in [0.1, 0.15) is 43.0 Å². The highest BCUT2D eigenvalue weighted by molar-refractivity contribution is 5.72. The molecule has 0 aliphatic carbocycles. The van der Waals surface area contributed by atoms with Gasteiger partial charge >= 0.3 is 17.8 Å². The van der Waals surface area contributed by atoms with Crippen molar-refractivity contribution in [1.29, 1.82) is 0 Å². The van der Waals surface area contributed by atoms with Crippen molar-refractivity contribution in [3.63, 3.8) is 0 Å². The van der Waals surface area contributed by atoms with Gasteiger partial charge in [-0.05, 0) is 25.8 Å². The van der Waals surface area contributed by atoms with Gasteiger partial charge in [0.25, 0.3) is 0 Å². The monoisotopic (exact) mass is 359 g/mol. The quantitative estimate of drug-likeness (QED) is 0.888. The van der Waals surface area contributed by atoms with Gasteiger partial charge in [-0.3, -0.25) is 9.25 Å². The SMILES string of the molecule is CCn1nc(C(F)(F)F)cc1Cn1nc2n(c1=O)C(C(=O)O)CCC2. The predicted octanol–water partition coefficient (Wildman–Crippen LogP) is 1.29. The Morgan fingerprint density at radius 1 is 1.36 bits per heavy atom. The molecule has 1 atom stereocenters. The number of hydrogen-bond donors (Lipinski definition) is 1. The maximum absolute atomic E-state index is 12.8. The largest absolute Gasteiger partial charge is 0.480 e. The van der Waals surface area contributed by atoms with Crippen LogP contribution < -0.4 is 5.69 Å². The van der Waals surface area contributed by atoms with Crippen LogP contribution in [-0.2, 0) is 30.5 Å². The molecular weight excluding hydrogens is 343 g/mol. The Morgan fingerprint density at radius 3 is 2.68 bits per heavy atom. The molecule has 1 aliphatic heterocycles. The summed E-state index contributed by atoms with van der Waals surface area (Å²) < 4.78 is 41.8. The van der Waals surface area contributed by atoms with Crippen LogP contribution in [0, 0.1) is 0 Å². The Labute approximate surface area is 139 Å². The lowest BCUT2D eigenvalue weighted by Crippen LogP contribution is -2.34. The van der Waals surface area contributed by atoms with Crippen molar-refractivity contribution >= 4 is 5.97 Å². The highest BCUT2D eigenvalue weighted by Gasteiger charge is 2.35. The molecule has 136 valence electrons. The summed E-state index contributed by atoms with van der Waals surface area (Å²) in [7, 11) is 0. The van der Waals surface area contributed by atoms with Gasteiger partial charge in [-0.1, -0.05) is 0 Å². The second-order valence-electron chi connectivity index (χ2n) is 5.81. The van der Waals surface area contributed by atoms with Gasteiger partial charge in [-0.15, -0.1) is 0 Å². The molecule has 0 saturated carbocycles. The fourth-order valence-corrected chi connectivity index (χ4v) is 3.02. The minimum Gasteiger partial charge on any atom is -0.480 e. The fourth-order valence-electron chi connectivity index (χ4n) is 3.02. The van der Waals surface area contributed by atoms with Gasteiger partial charge in [0.15, 0.2) is 5.69 Å². The molecular formula is C14H16F3N5O3. The summed E-state index contributed by atoms with van der Waals surface area (Å²) in [5.41, 5.74) is -1.50. The lowest BCUT2D eigenvalue weighted by atomic mass is 10.1. The topological polar surface area (TPSA) is 94.9 Å². The molecule has 3 rings (SSSR count). The Balaban J connectivity index is 1.99. The molecule has 0 spiro atoms. The van der Waals surface area contributed by atoms with E-state index in [-0.39, 0.29) is 18.8 Å². The van der Waals surface area contributed by atoms with Crippen LogP contribution in [0.15, 0.2) is 10.9 Å². The Kier molecular flexibility index (Phi) is 4.17. The summed E-state index contributed by atoms with van der Waals surface area (Å²) in [5, 5.41) is 16.9. The minimum atomic E-state index is -4.58. The second-order valence-corrected chi connectivity index (χ2v) is 5.81. The molecule has 0 amide bonds. The molecule has 0 fully saturated rings. The zero-order chi connectivity index (χ0) is 18.4. The molecule has 1 aliphatic rings. The number of carboxylic acid groups (broad SMARTS) is 1. The average molecular weight is 359 g/mol. The molecule has 0 radical (unpaired) electrons. The summed E-state index contributed by atoms with van der Waals surface area (Å²) in [5.74, 6) is -0.789. The fraction of sp³-hybridized carbons (Fsp3) is 0.571. The first kappa shape index (κ1) is 17.2. The predicted molar refractivity (Wildman–Crippen MR) is 78.1 cm³/mol. The van der Waals surface area contributed by atoms with E-state index >= 15 is 0 Å². The standard InChI is InChI=1S/C14H16F3N5O3/c1-2-20-8(6-10(18-20)14(15,16)17)7-21-13(25)22-9(12(23)24)4-3-5-11(22)19-21/h6,9H,2-5,7H2,1H3,(H,23,24). The third-order valence-corrected chi connectivity index (χ3v) is 4.18. The van der Waals surface area contributed by atoms with Crippen molar-refractivity contribution in [3.05, 3.63) is 33.8 Å². The number of aliphatic carboxylic acids is 1. The number of carbonyl (C=O) groups is 1. The minimum absolute atomic E-state index is 0.180. The number of halogens is 3. The van der Waals surface area contributed by atoms with Gasteiger partial charge in [-0.25, -0.2) is 14.3 Å². The number of fused-ring (bicyclic) bond motifs is 1. The van der Waals surface area contributed by atoms with Crippen LogP contribution in [0.4, 0.5) is 13.2 Å². The van der Waals surface area contributed by atoms with Crippen LogP contribution >= 0.6 is 0 Å². The summed E-state index contributed by atoms with van der Waals surface area (Å²) in [4.78, 5) is 23.8. The zero-order valence-electron chi connectivity index (χ0n) is 13.3. The van der Waals surface area contributed by atoms with E-state index in [1.165, 1.54) is 0 Å². The first-order valence-electron chi connectivity index (χ1n) is 7.77. The molecule has 11 heteroatoms. The summed E-state index contributed by atoms with van der Waals surface area (Å²) in [6.45, 7) is 1.63. The molecule has 0 bridgehead atoms. The van der Waals surface area contributed by atoms with Gasteiger partial charge in [0, 0.05) is 13.0 Å². The first-order chi connectivity index (χ1) is 11.7. The Morgan fingerprint density at radius 2 is 2.08 bits per heavy atom.